The van der Waals surface area contributed by atoms with Crippen molar-refractivity contribution in [3.63, 3.8) is 0 Å². The second-order valence-corrected chi connectivity index (χ2v) is 9.07. The number of rotatable bonds is 6. The minimum atomic E-state index is -0.246. The molecule has 0 N–H and O–H groups in total. The smallest absolute Gasteiger partial charge is 0.291 e. The summed E-state index contributed by atoms with van der Waals surface area (Å²) in [5.74, 6) is 2.45. The van der Waals surface area contributed by atoms with Gasteiger partial charge in [-0.05, 0) is 61.0 Å². The van der Waals surface area contributed by atoms with E-state index in [1.807, 2.05) is 36.4 Å². The second-order valence-electron chi connectivity index (χ2n) is 7.25. The molecule has 0 fully saturated rings. The van der Waals surface area contributed by atoms with E-state index in [-0.39, 0.29) is 5.56 Å². The highest BCUT2D eigenvalue weighted by atomic mass is 35.5. The standard InChI is InChI=1S/C24H17Cl2N3O3S/c1-2-11-31-16-6-3-14(4-7-16)22-27-24-29(28-22)23(30)21(33-24)13-17-8-10-20(32-17)15-5-9-18(25)19(26)12-15/h3-10,12-13H,2,11H2,1H3/b21-13-. The van der Waals surface area contributed by atoms with Gasteiger partial charge in [0.05, 0.1) is 16.7 Å². The van der Waals surface area contributed by atoms with Gasteiger partial charge in [0.25, 0.3) is 5.56 Å². The second kappa shape index (κ2) is 9.02. The summed E-state index contributed by atoms with van der Waals surface area (Å²) >= 11 is 13.3. The number of fused-ring (bicyclic) bond motifs is 1. The molecule has 0 unspecified atom stereocenters. The predicted octanol–water partition coefficient (Wildman–Crippen LogP) is 5.72. The molecular formula is C24H17Cl2N3O3S. The minimum absolute atomic E-state index is 0.246. The maximum absolute atomic E-state index is 12.9. The van der Waals surface area contributed by atoms with Crippen molar-refractivity contribution in [2.75, 3.05) is 6.61 Å². The Kier molecular flexibility index (Phi) is 5.93. The first kappa shape index (κ1) is 21.7. The first-order chi connectivity index (χ1) is 16.0. The number of halogens is 2. The van der Waals surface area contributed by atoms with E-state index < -0.39 is 0 Å². The molecule has 0 aliphatic rings. The fourth-order valence-corrected chi connectivity index (χ4v) is 4.43. The van der Waals surface area contributed by atoms with Gasteiger partial charge in [0.15, 0.2) is 5.82 Å². The zero-order valence-electron chi connectivity index (χ0n) is 17.4. The predicted molar refractivity (Wildman–Crippen MR) is 131 cm³/mol. The molecule has 33 heavy (non-hydrogen) atoms. The molecule has 0 radical (unpaired) electrons. The first-order valence-electron chi connectivity index (χ1n) is 10.2. The molecule has 3 aromatic heterocycles. The van der Waals surface area contributed by atoms with Crippen molar-refractivity contribution >= 4 is 45.6 Å². The van der Waals surface area contributed by atoms with Gasteiger partial charge in [-0.1, -0.05) is 41.5 Å². The number of ether oxygens (including phenoxy) is 1. The van der Waals surface area contributed by atoms with Gasteiger partial charge in [0.1, 0.15) is 21.8 Å². The third-order valence-corrected chi connectivity index (χ3v) is 6.57. The van der Waals surface area contributed by atoms with Gasteiger partial charge in [-0.2, -0.15) is 9.50 Å². The van der Waals surface area contributed by atoms with E-state index in [0.29, 0.717) is 43.5 Å². The Morgan fingerprint density at radius 1 is 1.06 bits per heavy atom. The SMILES string of the molecule is CCCOc1ccc(-c2nc3s/c(=C\c4ccc(-c5ccc(Cl)c(Cl)c5)o4)c(=O)n3n2)cc1. The summed E-state index contributed by atoms with van der Waals surface area (Å²) in [6.07, 6.45) is 2.63. The summed E-state index contributed by atoms with van der Waals surface area (Å²) in [5, 5.41) is 5.32. The van der Waals surface area contributed by atoms with Crippen LogP contribution in [0.5, 0.6) is 5.75 Å². The van der Waals surface area contributed by atoms with Crippen molar-refractivity contribution in [1.29, 1.82) is 0 Å². The molecule has 0 spiro atoms. The van der Waals surface area contributed by atoms with Crippen LogP contribution in [0.3, 0.4) is 0 Å². The van der Waals surface area contributed by atoms with Crippen molar-refractivity contribution in [3.8, 4) is 28.5 Å². The van der Waals surface area contributed by atoms with Crippen LogP contribution in [0.15, 0.2) is 63.8 Å². The summed E-state index contributed by atoms with van der Waals surface area (Å²) in [5.41, 5.74) is 1.37. The third-order valence-electron chi connectivity index (χ3n) is 4.87. The topological polar surface area (TPSA) is 69.6 Å². The number of aromatic nitrogens is 3. The fourth-order valence-electron chi connectivity index (χ4n) is 3.24. The molecular weight excluding hydrogens is 481 g/mol. The van der Waals surface area contributed by atoms with Crippen molar-refractivity contribution in [3.05, 3.63) is 85.3 Å². The Morgan fingerprint density at radius 2 is 1.85 bits per heavy atom. The van der Waals surface area contributed by atoms with Gasteiger partial charge in [0, 0.05) is 17.2 Å². The highest BCUT2D eigenvalue weighted by molar-refractivity contribution is 7.15. The Balaban J connectivity index is 1.43. The van der Waals surface area contributed by atoms with Crippen molar-refractivity contribution in [2.24, 2.45) is 0 Å². The van der Waals surface area contributed by atoms with Crippen molar-refractivity contribution in [1.82, 2.24) is 14.6 Å². The normalized spacial score (nSPS) is 12.0. The highest BCUT2D eigenvalue weighted by Crippen LogP contribution is 2.29. The van der Waals surface area contributed by atoms with Crippen molar-refractivity contribution < 1.29 is 9.15 Å². The van der Waals surface area contributed by atoms with Gasteiger partial charge in [0.2, 0.25) is 4.96 Å². The van der Waals surface area contributed by atoms with Crippen LogP contribution in [0.4, 0.5) is 0 Å². The molecule has 3 heterocycles. The molecule has 0 aliphatic carbocycles. The van der Waals surface area contributed by atoms with Crippen LogP contribution in [0.25, 0.3) is 33.7 Å². The molecule has 0 bridgehead atoms. The first-order valence-corrected chi connectivity index (χ1v) is 11.8. The summed E-state index contributed by atoms with van der Waals surface area (Å²) in [4.78, 5) is 17.9. The van der Waals surface area contributed by atoms with Crippen LogP contribution in [-0.2, 0) is 0 Å². The largest absolute Gasteiger partial charge is 0.494 e. The zero-order valence-corrected chi connectivity index (χ0v) is 19.7. The lowest BCUT2D eigenvalue weighted by Gasteiger charge is -2.04. The highest BCUT2D eigenvalue weighted by Gasteiger charge is 2.13. The molecule has 5 rings (SSSR count). The van der Waals surface area contributed by atoms with E-state index >= 15 is 0 Å². The summed E-state index contributed by atoms with van der Waals surface area (Å²) < 4.78 is 13.3. The minimum Gasteiger partial charge on any atom is -0.494 e. The van der Waals surface area contributed by atoms with Crippen molar-refractivity contribution in [2.45, 2.75) is 13.3 Å². The van der Waals surface area contributed by atoms with Crippen LogP contribution < -0.4 is 14.8 Å². The Morgan fingerprint density at radius 3 is 2.58 bits per heavy atom. The molecule has 0 aliphatic heterocycles. The lowest BCUT2D eigenvalue weighted by Crippen LogP contribution is -2.23. The Labute approximate surface area is 202 Å². The quantitative estimate of drug-likeness (QED) is 0.300. The van der Waals surface area contributed by atoms with E-state index in [1.165, 1.54) is 15.9 Å². The number of hydrogen-bond acceptors (Lipinski definition) is 6. The Bertz CT molecular complexity index is 1550. The van der Waals surface area contributed by atoms with E-state index in [2.05, 4.69) is 17.0 Å². The number of hydrogen-bond donors (Lipinski definition) is 0. The van der Waals surface area contributed by atoms with Crippen LogP contribution in [0.1, 0.15) is 19.1 Å². The number of nitrogens with zero attached hydrogens (tertiary/aromatic N) is 3. The number of benzene rings is 2. The van der Waals surface area contributed by atoms with Crippen LogP contribution in [0, 0.1) is 0 Å². The fraction of sp³-hybridized carbons (Fsp3) is 0.125. The summed E-state index contributed by atoms with van der Waals surface area (Å²) in [6, 6.07) is 16.4. The number of furan rings is 1. The molecule has 0 saturated carbocycles. The third kappa shape index (κ3) is 4.39. The van der Waals surface area contributed by atoms with Gasteiger partial charge < -0.3 is 9.15 Å². The molecule has 0 atom stereocenters. The monoisotopic (exact) mass is 497 g/mol. The van der Waals surface area contributed by atoms with Crippen LogP contribution in [0.2, 0.25) is 10.0 Å². The number of thiazole rings is 1. The average molecular weight is 498 g/mol. The molecule has 2 aromatic carbocycles. The van der Waals surface area contributed by atoms with Gasteiger partial charge in [-0.15, -0.1) is 5.10 Å². The Hall–Kier alpha value is -3.13. The van der Waals surface area contributed by atoms with E-state index in [4.69, 9.17) is 32.4 Å². The van der Waals surface area contributed by atoms with E-state index in [0.717, 1.165) is 23.3 Å². The molecule has 6 nitrogen and oxygen atoms in total. The van der Waals surface area contributed by atoms with Gasteiger partial charge >= 0.3 is 0 Å². The molecule has 0 saturated heterocycles. The van der Waals surface area contributed by atoms with Gasteiger partial charge in [-0.25, -0.2) is 0 Å². The van der Waals surface area contributed by atoms with Gasteiger partial charge in [-0.3, -0.25) is 4.79 Å². The maximum Gasteiger partial charge on any atom is 0.291 e. The molecule has 5 aromatic rings. The zero-order chi connectivity index (χ0) is 22.9. The molecule has 166 valence electrons. The average Bonchev–Trinajstić information content (AvgIpc) is 3.52. The van der Waals surface area contributed by atoms with Crippen LogP contribution >= 0.6 is 34.5 Å². The molecule has 9 heteroatoms. The molecule has 0 amide bonds. The van der Waals surface area contributed by atoms with E-state index in [1.54, 1.807) is 24.3 Å². The summed E-state index contributed by atoms with van der Waals surface area (Å²) in [7, 11) is 0. The van der Waals surface area contributed by atoms with Crippen LogP contribution in [-0.4, -0.2) is 21.2 Å². The lowest BCUT2D eigenvalue weighted by molar-refractivity contribution is 0.317. The summed E-state index contributed by atoms with van der Waals surface area (Å²) in [6.45, 7) is 2.73. The van der Waals surface area contributed by atoms with E-state index in [9.17, 15) is 4.79 Å². The lowest BCUT2D eigenvalue weighted by atomic mass is 10.2. The maximum atomic E-state index is 12.9.